The molecule has 33 heavy (non-hydrogen) atoms. The van der Waals surface area contributed by atoms with Crippen LogP contribution in [0.25, 0.3) is 65.0 Å². The number of hydrogen-bond acceptors (Lipinski definition) is 0. The Balaban J connectivity index is 1.37. The lowest BCUT2D eigenvalue weighted by Gasteiger charge is -2.09. The normalized spacial score (nSPS) is 12.7. The summed E-state index contributed by atoms with van der Waals surface area (Å²) in [6, 6.07) is 41.0. The summed E-state index contributed by atoms with van der Waals surface area (Å²) in [7, 11) is 0. The van der Waals surface area contributed by atoms with Crippen molar-refractivity contribution in [2.45, 2.75) is 6.42 Å². The van der Waals surface area contributed by atoms with Crippen molar-refractivity contribution < 1.29 is 0 Å². The highest BCUT2D eigenvalue weighted by Crippen LogP contribution is 2.42. The molecule has 0 heterocycles. The van der Waals surface area contributed by atoms with Crippen LogP contribution >= 0.6 is 0 Å². The number of benzene rings is 7. The Kier molecular flexibility index (Phi) is 3.27. The van der Waals surface area contributed by atoms with Gasteiger partial charge >= 0.3 is 0 Å². The zero-order valence-corrected chi connectivity index (χ0v) is 18.1. The van der Waals surface area contributed by atoms with Gasteiger partial charge in [-0.25, -0.2) is 0 Å². The third-order valence-corrected chi connectivity index (χ3v) is 7.48. The van der Waals surface area contributed by atoms with E-state index in [1.807, 2.05) is 0 Å². The van der Waals surface area contributed by atoms with Crippen LogP contribution in [0.2, 0.25) is 0 Å². The third kappa shape index (κ3) is 2.52. The fraction of sp³-hybridized carbons (Fsp3) is 0.0303. The van der Waals surface area contributed by atoms with Gasteiger partial charge < -0.3 is 0 Å². The average Bonchev–Trinajstić information content (AvgIpc) is 3.18. The van der Waals surface area contributed by atoms with Gasteiger partial charge in [-0.15, -0.1) is 0 Å². The second-order valence-corrected chi connectivity index (χ2v) is 9.49. The van der Waals surface area contributed by atoms with Crippen molar-refractivity contribution in [3.05, 3.63) is 120 Å². The second-order valence-electron chi connectivity index (χ2n) is 9.49. The van der Waals surface area contributed by atoms with Crippen LogP contribution in [0.1, 0.15) is 11.1 Å². The summed E-state index contributed by atoms with van der Waals surface area (Å²) in [4.78, 5) is 0. The van der Waals surface area contributed by atoms with Gasteiger partial charge in [0.15, 0.2) is 0 Å². The van der Waals surface area contributed by atoms with Crippen molar-refractivity contribution in [1.29, 1.82) is 0 Å². The first-order valence-electron chi connectivity index (χ1n) is 11.6. The Bertz CT molecular complexity index is 1940. The molecule has 1 aliphatic rings. The van der Waals surface area contributed by atoms with Gasteiger partial charge in [-0.1, -0.05) is 60.7 Å². The predicted molar refractivity (Wildman–Crippen MR) is 142 cm³/mol. The van der Waals surface area contributed by atoms with E-state index in [4.69, 9.17) is 0 Å². The van der Waals surface area contributed by atoms with Crippen molar-refractivity contribution >= 4 is 53.9 Å². The van der Waals surface area contributed by atoms with E-state index in [1.54, 1.807) is 0 Å². The van der Waals surface area contributed by atoms with Crippen molar-refractivity contribution in [2.75, 3.05) is 0 Å². The summed E-state index contributed by atoms with van der Waals surface area (Å²) in [6.45, 7) is 0. The van der Waals surface area contributed by atoms with Gasteiger partial charge in [0.1, 0.15) is 0 Å². The molecule has 0 unspecified atom stereocenters. The molecule has 0 N–H and O–H groups in total. The molecule has 0 spiro atoms. The van der Waals surface area contributed by atoms with E-state index >= 15 is 0 Å². The fourth-order valence-corrected chi connectivity index (χ4v) is 5.83. The molecule has 0 aliphatic heterocycles. The van der Waals surface area contributed by atoms with Gasteiger partial charge in [0.25, 0.3) is 0 Å². The van der Waals surface area contributed by atoms with Crippen LogP contribution < -0.4 is 0 Å². The first-order chi connectivity index (χ1) is 16.3. The van der Waals surface area contributed by atoms with Crippen LogP contribution in [-0.2, 0) is 6.42 Å². The lowest BCUT2D eigenvalue weighted by molar-refractivity contribution is 1.28. The predicted octanol–water partition coefficient (Wildman–Crippen LogP) is 9.02. The maximum atomic E-state index is 2.42. The highest BCUT2D eigenvalue weighted by atomic mass is 14.2. The van der Waals surface area contributed by atoms with Crippen LogP contribution in [0.5, 0.6) is 0 Å². The molecule has 0 saturated heterocycles. The molecule has 0 aromatic heterocycles. The van der Waals surface area contributed by atoms with Gasteiger partial charge in [0, 0.05) is 0 Å². The van der Waals surface area contributed by atoms with Gasteiger partial charge in [0.2, 0.25) is 0 Å². The number of rotatable bonds is 0. The lowest BCUT2D eigenvalue weighted by Crippen LogP contribution is -1.84. The molecule has 1 aliphatic carbocycles. The van der Waals surface area contributed by atoms with E-state index in [9.17, 15) is 0 Å². The molecular formula is C33H20. The number of hydrogen-bond donors (Lipinski definition) is 0. The SMILES string of the molecule is c1ccc2cc3c(cc2c1)Cc1cc2cc4cc5cc6ccccc6cc5cc4cc2cc1-3. The summed E-state index contributed by atoms with van der Waals surface area (Å²) in [5, 5.41) is 13.1. The Morgan fingerprint density at radius 3 is 1.12 bits per heavy atom. The molecule has 7 aromatic rings. The van der Waals surface area contributed by atoms with E-state index in [-0.39, 0.29) is 0 Å². The minimum absolute atomic E-state index is 1.02. The van der Waals surface area contributed by atoms with Crippen molar-refractivity contribution in [1.82, 2.24) is 0 Å². The first kappa shape index (κ1) is 17.4. The Morgan fingerprint density at radius 1 is 0.303 bits per heavy atom. The number of fused-ring (bicyclic) bond motifs is 8. The minimum atomic E-state index is 1.02. The minimum Gasteiger partial charge on any atom is -0.0616 e. The molecule has 0 bridgehead atoms. The zero-order chi connectivity index (χ0) is 21.5. The van der Waals surface area contributed by atoms with Gasteiger partial charge in [-0.3, -0.25) is 0 Å². The van der Waals surface area contributed by atoms with Crippen LogP contribution in [0.15, 0.2) is 109 Å². The topological polar surface area (TPSA) is 0 Å². The Labute approximate surface area is 191 Å². The van der Waals surface area contributed by atoms with E-state index in [0.717, 1.165) is 6.42 Å². The largest absolute Gasteiger partial charge is 0.0616 e. The highest BCUT2D eigenvalue weighted by molar-refractivity contribution is 6.09. The first-order valence-corrected chi connectivity index (χ1v) is 11.6. The molecule has 0 saturated carbocycles. The molecule has 8 rings (SSSR count). The van der Waals surface area contributed by atoms with Crippen molar-refractivity contribution in [3.63, 3.8) is 0 Å². The maximum Gasteiger partial charge on any atom is -0.00130 e. The quantitative estimate of drug-likeness (QED) is 0.216. The average molecular weight is 417 g/mol. The maximum absolute atomic E-state index is 2.42. The Morgan fingerprint density at radius 2 is 0.606 bits per heavy atom. The molecule has 0 atom stereocenters. The molecule has 0 nitrogen and oxygen atoms in total. The van der Waals surface area contributed by atoms with Gasteiger partial charge in [-0.05, 0) is 131 Å². The molecule has 152 valence electrons. The molecule has 7 aromatic carbocycles. The van der Waals surface area contributed by atoms with Crippen LogP contribution in [0.3, 0.4) is 0 Å². The van der Waals surface area contributed by atoms with E-state index in [0.29, 0.717) is 0 Å². The monoisotopic (exact) mass is 416 g/mol. The summed E-state index contributed by atoms with van der Waals surface area (Å²) in [5.41, 5.74) is 5.69. The standard InChI is InChI=1S/C33H20/c1-2-6-21-10-25-13-27-15-29-19-33-31(16-28(29)14-26(27)12-24(25)9-20(21)5-1)17-30-11-22-7-3-4-8-23(22)18-32(30)33/h1-16,18-19H,17H2. The molecule has 0 fully saturated rings. The van der Waals surface area contributed by atoms with Gasteiger partial charge in [-0.2, -0.15) is 0 Å². The molecule has 0 heteroatoms. The highest BCUT2D eigenvalue weighted by Gasteiger charge is 2.20. The van der Waals surface area contributed by atoms with Crippen molar-refractivity contribution in [3.8, 4) is 11.1 Å². The van der Waals surface area contributed by atoms with Crippen LogP contribution in [-0.4, -0.2) is 0 Å². The summed E-state index contributed by atoms with van der Waals surface area (Å²) in [5.74, 6) is 0. The van der Waals surface area contributed by atoms with Crippen molar-refractivity contribution in [2.24, 2.45) is 0 Å². The smallest absolute Gasteiger partial charge is 0.00130 e. The van der Waals surface area contributed by atoms with Crippen LogP contribution in [0.4, 0.5) is 0 Å². The molecular weight excluding hydrogens is 396 g/mol. The van der Waals surface area contributed by atoms with Crippen LogP contribution in [0, 0.1) is 0 Å². The summed E-state index contributed by atoms with van der Waals surface area (Å²) in [6.07, 6.45) is 1.02. The Hall–Kier alpha value is -4.16. The third-order valence-electron chi connectivity index (χ3n) is 7.48. The van der Waals surface area contributed by atoms with E-state index in [2.05, 4.69) is 109 Å². The fourth-order valence-electron chi connectivity index (χ4n) is 5.83. The van der Waals surface area contributed by atoms with E-state index in [1.165, 1.54) is 76.1 Å². The summed E-state index contributed by atoms with van der Waals surface area (Å²) < 4.78 is 0. The molecule has 0 amide bonds. The summed E-state index contributed by atoms with van der Waals surface area (Å²) >= 11 is 0. The molecule has 0 radical (unpaired) electrons. The second kappa shape index (κ2) is 6.21. The zero-order valence-electron chi connectivity index (χ0n) is 18.1. The lowest BCUT2D eigenvalue weighted by atomic mass is 9.95. The van der Waals surface area contributed by atoms with E-state index < -0.39 is 0 Å². The van der Waals surface area contributed by atoms with Gasteiger partial charge in [0.05, 0.1) is 0 Å².